The summed E-state index contributed by atoms with van der Waals surface area (Å²) in [6.07, 6.45) is 4.27. The van der Waals surface area contributed by atoms with Crippen molar-refractivity contribution < 1.29 is 9.53 Å². The van der Waals surface area contributed by atoms with Crippen molar-refractivity contribution in [3.8, 4) is 5.13 Å². The van der Waals surface area contributed by atoms with Crippen molar-refractivity contribution in [3.05, 3.63) is 29.5 Å². The van der Waals surface area contributed by atoms with E-state index in [2.05, 4.69) is 15.4 Å². The molecule has 0 spiro atoms. The Morgan fingerprint density at radius 1 is 1.61 bits per heavy atom. The number of aromatic nitrogens is 3. The van der Waals surface area contributed by atoms with Gasteiger partial charge in [-0.2, -0.15) is 5.10 Å². The third-order valence-corrected chi connectivity index (χ3v) is 3.10. The maximum Gasteiger partial charge on any atom is 0.245 e. The Balaban J connectivity index is 1.82. The van der Waals surface area contributed by atoms with Crippen LogP contribution in [0.1, 0.15) is 5.69 Å². The summed E-state index contributed by atoms with van der Waals surface area (Å²) in [5.74, 6) is -0.111. The molecule has 0 aliphatic carbocycles. The third-order valence-electron chi connectivity index (χ3n) is 2.22. The SMILES string of the molecule is COCC(=O)NCCc1csc(-n2cccn2)n1. The fraction of sp³-hybridized carbons (Fsp3) is 0.364. The van der Waals surface area contributed by atoms with E-state index in [0.29, 0.717) is 13.0 Å². The smallest absolute Gasteiger partial charge is 0.245 e. The van der Waals surface area contributed by atoms with Crippen LogP contribution in [0.4, 0.5) is 0 Å². The second-order valence-corrected chi connectivity index (χ2v) is 4.44. The quantitative estimate of drug-likeness (QED) is 0.833. The van der Waals surface area contributed by atoms with E-state index in [0.717, 1.165) is 10.8 Å². The van der Waals surface area contributed by atoms with Crippen LogP contribution in [0.15, 0.2) is 23.8 Å². The fourth-order valence-corrected chi connectivity index (χ4v) is 2.21. The van der Waals surface area contributed by atoms with Crippen molar-refractivity contribution in [2.45, 2.75) is 6.42 Å². The molecule has 18 heavy (non-hydrogen) atoms. The summed E-state index contributed by atoms with van der Waals surface area (Å²) >= 11 is 1.53. The minimum Gasteiger partial charge on any atom is -0.375 e. The van der Waals surface area contributed by atoms with Gasteiger partial charge in [0.2, 0.25) is 11.0 Å². The lowest BCUT2D eigenvalue weighted by molar-refractivity contribution is -0.124. The third kappa shape index (κ3) is 3.38. The van der Waals surface area contributed by atoms with Crippen LogP contribution in [0, 0.1) is 0 Å². The standard InChI is InChI=1S/C11H14N4O2S/c1-17-7-10(16)12-5-3-9-8-18-11(14-9)15-6-2-4-13-15/h2,4,6,8H,3,5,7H2,1H3,(H,12,16). The lowest BCUT2D eigenvalue weighted by Gasteiger charge is -2.02. The number of carbonyl (C=O) groups is 1. The molecule has 1 amide bonds. The Labute approximate surface area is 109 Å². The molecule has 2 rings (SSSR count). The molecule has 0 fully saturated rings. The molecular formula is C11H14N4O2S. The summed E-state index contributed by atoms with van der Waals surface area (Å²) in [5.41, 5.74) is 0.947. The Morgan fingerprint density at radius 3 is 3.22 bits per heavy atom. The first kappa shape index (κ1) is 12.7. The number of thiazole rings is 1. The van der Waals surface area contributed by atoms with Gasteiger partial charge < -0.3 is 10.1 Å². The second kappa shape index (κ2) is 6.27. The van der Waals surface area contributed by atoms with Gasteiger partial charge in [0.05, 0.1) is 5.69 Å². The number of hydrogen-bond donors (Lipinski definition) is 1. The second-order valence-electron chi connectivity index (χ2n) is 3.61. The van der Waals surface area contributed by atoms with Gasteiger partial charge in [0.1, 0.15) is 6.61 Å². The molecule has 0 aliphatic heterocycles. The molecule has 7 heteroatoms. The van der Waals surface area contributed by atoms with Crippen LogP contribution < -0.4 is 5.32 Å². The Hall–Kier alpha value is -1.73. The minimum atomic E-state index is -0.111. The van der Waals surface area contributed by atoms with Gasteiger partial charge in [-0.05, 0) is 6.07 Å². The van der Waals surface area contributed by atoms with Crippen LogP contribution >= 0.6 is 11.3 Å². The number of nitrogens with one attached hydrogen (secondary N) is 1. The summed E-state index contributed by atoms with van der Waals surface area (Å²) in [6, 6.07) is 1.85. The molecular weight excluding hydrogens is 252 g/mol. The molecule has 1 N–H and O–H groups in total. The normalized spacial score (nSPS) is 10.5. The van der Waals surface area contributed by atoms with Gasteiger partial charge >= 0.3 is 0 Å². The molecule has 6 nitrogen and oxygen atoms in total. The largest absolute Gasteiger partial charge is 0.375 e. The summed E-state index contributed by atoms with van der Waals surface area (Å²) in [7, 11) is 1.50. The van der Waals surface area contributed by atoms with E-state index in [1.807, 2.05) is 17.6 Å². The van der Waals surface area contributed by atoms with Crippen LogP contribution in [0.2, 0.25) is 0 Å². The van der Waals surface area contributed by atoms with Crippen LogP contribution in [0.3, 0.4) is 0 Å². The van der Waals surface area contributed by atoms with Crippen molar-refractivity contribution in [2.24, 2.45) is 0 Å². The zero-order chi connectivity index (χ0) is 12.8. The first-order valence-corrected chi connectivity index (χ1v) is 6.37. The lowest BCUT2D eigenvalue weighted by Crippen LogP contribution is -2.29. The van der Waals surface area contributed by atoms with Crippen LogP contribution in [0.25, 0.3) is 5.13 Å². The molecule has 96 valence electrons. The Kier molecular flexibility index (Phi) is 4.43. The summed E-state index contributed by atoms with van der Waals surface area (Å²) in [4.78, 5) is 15.6. The van der Waals surface area contributed by atoms with Crippen molar-refractivity contribution in [1.82, 2.24) is 20.1 Å². The van der Waals surface area contributed by atoms with Crippen LogP contribution in [-0.2, 0) is 16.0 Å². The van der Waals surface area contributed by atoms with Gasteiger partial charge in [0.25, 0.3) is 0 Å². The molecule has 0 radical (unpaired) electrons. The molecule has 0 aliphatic rings. The van der Waals surface area contributed by atoms with E-state index in [-0.39, 0.29) is 12.5 Å². The summed E-state index contributed by atoms with van der Waals surface area (Å²) in [6.45, 7) is 0.653. The number of ether oxygens (including phenoxy) is 1. The highest BCUT2D eigenvalue weighted by Crippen LogP contribution is 2.13. The van der Waals surface area contributed by atoms with Gasteiger partial charge in [-0.3, -0.25) is 4.79 Å². The van der Waals surface area contributed by atoms with Crippen molar-refractivity contribution in [2.75, 3.05) is 20.3 Å². The zero-order valence-electron chi connectivity index (χ0n) is 10.00. The highest BCUT2D eigenvalue weighted by molar-refractivity contribution is 7.12. The van der Waals surface area contributed by atoms with E-state index in [9.17, 15) is 4.79 Å². The van der Waals surface area contributed by atoms with Crippen molar-refractivity contribution in [3.63, 3.8) is 0 Å². The molecule has 2 heterocycles. The molecule has 0 saturated carbocycles. The van der Waals surface area contributed by atoms with Gasteiger partial charge in [0.15, 0.2) is 0 Å². The minimum absolute atomic E-state index is 0.0929. The summed E-state index contributed by atoms with van der Waals surface area (Å²) in [5, 5.41) is 9.67. The molecule has 0 unspecified atom stereocenters. The van der Waals surface area contributed by atoms with E-state index in [1.54, 1.807) is 10.9 Å². The number of rotatable bonds is 6. The average molecular weight is 266 g/mol. The van der Waals surface area contributed by atoms with E-state index < -0.39 is 0 Å². The predicted octanol–water partition coefficient (Wildman–Crippen LogP) is 0.634. The van der Waals surface area contributed by atoms with Gasteiger partial charge in [-0.15, -0.1) is 11.3 Å². The molecule has 2 aromatic heterocycles. The first-order chi connectivity index (χ1) is 8.79. The highest BCUT2D eigenvalue weighted by Gasteiger charge is 2.05. The summed E-state index contributed by atoms with van der Waals surface area (Å²) < 4.78 is 6.44. The predicted molar refractivity (Wildman–Crippen MR) is 67.8 cm³/mol. The van der Waals surface area contributed by atoms with Crippen molar-refractivity contribution in [1.29, 1.82) is 0 Å². The number of nitrogens with zero attached hydrogens (tertiary/aromatic N) is 3. The topological polar surface area (TPSA) is 69.0 Å². The molecule has 0 bridgehead atoms. The number of hydrogen-bond acceptors (Lipinski definition) is 5. The molecule has 0 aromatic carbocycles. The number of methoxy groups -OCH3 is 1. The van der Waals surface area contributed by atoms with Gasteiger partial charge in [-0.1, -0.05) is 0 Å². The van der Waals surface area contributed by atoms with Gasteiger partial charge in [-0.25, -0.2) is 9.67 Å². The highest BCUT2D eigenvalue weighted by atomic mass is 32.1. The Bertz CT molecular complexity index is 495. The van der Waals surface area contributed by atoms with E-state index in [4.69, 9.17) is 4.74 Å². The van der Waals surface area contributed by atoms with Crippen LogP contribution in [0.5, 0.6) is 0 Å². The first-order valence-electron chi connectivity index (χ1n) is 5.49. The lowest BCUT2D eigenvalue weighted by atomic mass is 10.3. The van der Waals surface area contributed by atoms with Gasteiger partial charge in [0, 0.05) is 37.8 Å². The molecule has 0 saturated heterocycles. The average Bonchev–Trinajstić information content (AvgIpc) is 2.99. The Morgan fingerprint density at radius 2 is 2.50 bits per heavy atom. The maximum absolute atomic E-state index is 11.2. The maximum atomic E-state index is 11.2. The zero-order valence-corrected chi connectivity index (χ0v) is 10.8. The molecule has 0 atom stereocenters. The van der Waals surface area contributed by atoms with Crippen molar-refractivity contribution >= 4 is 17.2 Å². The van der Waals surface area contributed by atoms with Crippen LogP contribution in [-0.4, -0.2) is 40.9 Å². The molecule has 2 aromatic rings. The monoisotopic (exact) mass is 266 g/mol. The number of carbonyl (C=O) groups excluding carboxylic acids is 1. The fourth-order valence-electron chi connectivity index (χ4n) is 1.41. The number of amides is 1. The van der Waals surface area contributed by atoms with E-state index in [1.165, 1.54) is 18.4 Å². The van der Waals surface area contributed by atoms with E-state index >= 15 is 0 Å².